The molecular weight excluding hydrogens is 617 g/mol. The number of hydrogen-bond acceptors (Lipinski definition) is 6. The molecule has 0 saturated carbocycles. The largest absolute Gasteiger partial charge is 0.378 e. The summed E-state index contributed by atoms with van der Waals surface area (Å²) in [5.74, 6) is 0.258. The van der Waals surface area contributed by atoms with E-state index in [9.17, 15) is 0 Å². The molecule has 0 saturated heterocycles. The second-order valence-corrected chi connectivity index (χ2v) is 19.1. The van der Waals surface area contributed by atoms with Crippen molar-refractivity contribution in [2.75, 3.05) is 114 Å². The van der Waals surface area contributed by atoms with Crippen molar-refractivity contribution in [3.63, 3.8) is 0 Å². The maximum absolute atomic E-state index is 3.35. The third-order valence-corrected chi connectivity index (χ3v) is 16.4. The highest BCUT2D eigenvalue weighted by Gasteiger charge is 2.56. The highest BCUT2D eigenvalue weighted by atomic mass is 28.3. The molecule has 4 rings (SSSR count). The Kier molecular flexibility index (Phi) is 10.7. The number of anilines is 6. The van der Waals surface area contributed by atoms with Crippen molar-refractivity contribution in [1.82, 2.24) is 0 Å². The van der Waals surface area contributed by atoms with Crippen LogP contribution >= 0.6 is 0 Å². The topological polar surface area (TPSA) is 19.4 Å². The zero-order chi connectivity index (χ0) is 37.0. The van der Waals surface area contributed by atoms with Crippen LogP contribution in [0.3, 0.4) is 0 Å². The molecule has 3 aromatic rings. The minimum atomic E-state index is -3.35. The van der Waals surface area contributed by atoms with Crippen LogP contribution in [0.1, 0.15) is 44.4 Å². The first-order valence-corrected chi connectivity index (χ1v) is 19.6. The van der Waals surface area contributed by atoms with E-state index in [1.807, 2.05) is 0 Å². The summed E-state index contributed by atoms with van der Waals surface area (Å²) >= 11 is 0. The van der Waals surface area contributed by atoms with Gasteiger partial charge in [0, 0.05) is 134 Å². The maximum Gasteiger partial charge on any atom is 0.191 e. The van der Waals surface area contributed by atoms with E-state index in [4.69, 9.17) is 0 Å². The molecule has 0 aromatic heterocycles. The second-order valence-electron chi connectivity index (χ2n) is 15.6. The summed E-state index contributed by atoms with van der Waals surface area (Å²) in [4.78, 5) is 14.3. The Hall–Kier alpha value is -3.84. The fraction of sp³-hybridized carbons (Fsp3) is 0.476. The van der Waals surface area contributed by atoms with Gasteiger partial charge in [-0.15, -0.1) is 0 Å². The lowest BCUT2D eigenvalue weighted by Crippen LogP contribution is -2.73. The van der Waals surface area contributed by atoms with Gasteiger partial charge >= 0.3 is 0 Å². The smallest absolute Gasteiger partial charge is 0.191 e. The molecule has 1 atom stereocenters. The summed E-state index contributed by atoms with van der Waals surface area (Å²) in [5, 5.41) is 5.97. The average molecular weight is 681 g/mol. The highest BCUT2D eigenvalue weighted by Crippen LogP contribution is 2.47. The second kappa shape index (κ2) is 13.8. The van der Waals surface area contributed by atoms with Crippen LogP contribution in [0.15, 0.2) is 58.3 Å². The number of rotatable bonds is 10. The van der Waals surface area contributed by atoms with Crippen molar-refractivity contribution in [1.29, 1.82) is 0 Å². The number of allylic oxidation sites excluding steroid dienone is 4. The molecule has 7 heteroatoms. The van der Waals surface area contributed by atoms with Crippen molar-refractivity contribution in [3.8, 4) is 0 Å². The van der Waals surface area contributed by atoms with E-state index in [1.165, 1.54) is 83.1 Å². The first kappa shape index (κ1) is 38.0. The van der Waals surface area contributed by atoms with Crippen LogP contribution in [0, 0.1) is 26.7 Å². The molecule has 0 N–H and O–H groups in total. The monoisotopic (exact) mass is 680 g/mol. The molecule has 0 amide bonds. The third kappa shape index (κ3) is 5.92. The molecule has 0 aliphatic heterocycles. The summed E-state index contributed by atoms with van der Waals surface area (Å²) in [5.41, 5.74) is 16.0. The van der Waals surface area contributed by atoms with E-state index in [1.54, 1.807) is 5.20 Å². The van der Waals surface area contributed by atoms with Gasteiger partial charge in [0.2, 0.25) is 0 Å². The van der Waals surface area contributed by atoms with Gasteiger partial charge in [-0.3, -0.25) is 0 Å². The fourth-order valence-electron chi connectivity index (χ4n) is 8.76. The number of benzene rings is 3. The van der Waals surface area contributed by atoms with Crippen LogP contribution in [0.4, 0.5) is 34.1 Å². The number of aryl methyl sites for hydroxylation is 3. The van der Waals surface area contributed by atoms with E-state index in [0.29, 0.717) is 0 Å². The van der Waals surface area contributed by atoms with Crippen molar-refractivity contribution >= 4 is 57.8 Å². The van der Waals surface area contributed by atoms with E-state index in [2.05, 4.69) is 199 Å². The summed E-state index contributed by atoms with van der Waals surface area (Å²) in [7, 11) is 23.5. The Morgan fingerprint density at radius 1 is 0.408 bits per heavy atom. The van der Waals surface area contributed by atoms with Crippen molar-refractivity contribution in [2.45, 2.75) is 48.5 Å². The molecule has 1 aliphatic rings. The first-order valence-electron chi connectivity index (χ1n) is 17.6. The molecule has 0 bridgehead atoms. The van der Waals surface area contributed by atoms with Crippen molar-refractivity contribution in [3.05, 3.63) is 75.0 Å². The minimum Gasteiger partial charge on any atom is -0.378 e. The fourth-order valence-corrected chi connectivity index (χ4v) is 16.3. The Bertz CT molecular complexity index is 1640. The van der Waals surface area contributed by atoms with E-state index < -0.39 is 8.07 Å². The van der Waals surface area contributed by atoms with Gasteiger partial charge in [0.15, 0.2) is 8.07 Å². The Labute approximate surface area is 300 Å². The molecule has 1 unspecified atom stereocenters. The van der Waals surface area contributed by atoms with Gasteiger partial charge in [0.25, 0.3) is 0 Å². The van der Waals surface area contributed by atoms with Gasteiger partial charge in [-0.25, -0.2) is 0 Å². The Morgan fingerprint density at radius 3 is 0.898 bits per heavy atom. The van der Waals surface area contributed by atoms with Crippen molar-refractivity contribution < 1.29 is 0 Å². The predicted octanol–water partition coefficient (Wildman–Crippen LogP) is 6.32. The molecule has 0 radical (unpaired) electrons. The first-order chi connectivity index (χ1) is 22.7. The average Bonchev–Trinajstić information content (AvgIpc) is 3.19. The standard InChI is InChI=1S/C42H64N6Si/c1-26-20-23-33(43(8)9)40(36(26)46(14)15)49(39-31(6)29(4)30(5)32(39)7,41-34(44(10)11)24-21-27(2)37(41)47(16)17)42-35(45(12)13)25-22-28(3)38(42)48(18)19/h20-25,31H,1-19H3. The van der Waals surface area contributed by atoms with Crippen LogP contribution in [-0.2, 0) is 0 Å². The molecular formula is C42H64N6Si. The molecule has 266 valence electrons. The predicted molar refractivity (Wildman–Crippen MR) is 224 cm³/mol. The number of hydrogen-bond donors (Lipinski definition) is 0. The van der Waals surface area contributed by atoms with Gasteiger partial charge < -0.3 is 29.4 Å². The molecule has 1 aliphatic carbocycles. The lowest BCUT2D eigenvalue weighted by molar-refractivity contribution is 0.851. The van der Waals surface area contributed by atoms with Crippen LogP contribution in [0.5, 0.6) is 0 Å². The quantitative estimate of drug-likeness (QED) is 0.183. The van der Waals surface area contributed by atoms with Crippen LogP contribution < -0.4 is 45.0 Å². The summed E-state index contributed by atoms with van der Waals surface area (Å²) in [6.45, 7) is 16.5. The third-order valence-electron chi connectivity index (χ3n) is 11.0. The van der Waals surface area contributed by atoms with Gasteiger partial charge in [-0.2, -0.15) is 0 Å². The molecule has 0 fully saturated rings. The SMILES string of the molecule is CC1=C(C)C(C)C([Si](c2c(N(C)C)ccc(C)c2N(C)C)(c2c(N(C)C)ccc(C)c2N(C)C)c2c(N(C)C)ccc(C)c2N(C)C)=C1C. The Balaban J connectivity index is 2.72. The van der Waals surface area contributed by atoms with Gasteiger partial charge in [-0.05, 0) is 87.9 Å². The van der Waals surface area contributed by atoms with E-state index in [0.717, 1.165) is 0 Å². The highest BCUT2D eigenvalue weighted by molar-refractivity contribution is 7.20. The zero-order valence-corrected chi connectivity index (χ0v) is 35.2. The van der Waals surface area contributed by atoms with E-state index in [-0.39, 0.29) is 5.92 Å². The molecule has 6 nitrogen and oxygen atoms in total. The molecule has 49 heavy (non-hydrogen) atoms. The lowest BCUT2D eigenvalue weighted by Gasteiger charge is -2.48. The number of nitrogens with zero attached hydrogens (tertiary/aromatic N) is 6. The minimum absolute atomic E-state index is 0.258. The summed E-state index contributed by atoms with van der Waals surface area (Å²) in [6.07, 6.45) is 0. The van der Waals surface area contributed by atoms with Crippen LogP contribution in [0.25, 0.3) is 0 Å². The van der Waals surface area contributed by atoms with E-state index >= 15 is 0 Å². The van der Waals surface area contributed by atoms with Crippen LogP contribution in [-0.4, -0.2) is 92.6 Å². The molecule has 0 spiro atoms. The zero-order valence-electron chi connectivity index (χ0n) is 34.2. The summed E-state index contributed by atoms with van der Waals surface area (Å²) in [6, 6.07) is 14.2. The molecule has 3 aromatic carbocycles. The normalized spacial score (nSPS) is 14.9. The van der Waals surface area contributed by atoms with Gasteiger partial charge in [-0.1, -0.05) is 41.5 Å². The van der Waals surface area contributed by atoms with Crippen molar-refractivity contribution in [2.24, 2.45) is 5.92 Å². The lowest BCUT2D eigenvalue weighted by atomic mass is 10.1. The molecule has 0 heterocycles. The summed E-state index contributed by atoms with van der Waals surface area (Å²) < 4.78 is 0. The van der Waals surface area contributed by atoms with Crippen LogP contribution in [0.2, 0.25) is 0 Å². The van der Waals surface area contributed by atoms with Gasteiger partial charge in [0.1, 0.15) is 0 Å². The maximum atomic E-state index is 2.48. The van der Waals surface area contributed by atoms with Gasteiger partial charge in [0.05, 0.1) is 0 Å². The Morgan fingerprint density at radius 2 is 0.694 bits per heavy atom.